The highest BCUT2D eigenvalue weighted by Gasteiger charge is 2.14. The van der Waals surface area contributed by atoms with Crippen LogP contribution in [0.15, 0.2) is 84.0 Å². The highest BCUT2D eigenvalue weighted by Crippen LogP contribution is 2.25. The fraction of sp³-hybridized carbons (Fsp3) is 0. The van der Waals surface area contributed by atoms with E-state index in [9.17, 15) is 14.4 Å². The lowest BCUT2D eigenvalue weighted by Gasteiger charge is -2.10. The molecule has 0 radical (unpaired) electrons. The van der Waals surface area contributed by atoms with Crippen LogP contribution in [0.25, 0.3) is 0 Å². The van der Waals surface area contributed by atoms with E-state index in [0.717, 1.165) is 0 Å². The van der Waals surface area contributed by atoms with E-state index in [1.54, 1.807) is 60.7 Å². The maximum atomic E-state index is 12.4. The zero-order chi connectivity index (χ0) is 21.3. The second-order valence-electron chi connectivity index (χ2n) is 5.94. The van der Waals surface area contributed by atoms with E-state index < -0.39 is 18.0 Å². The molecule has 8 heteroatoms. The van der Waals surface area contributed by atoms with Gasteiger partial charge in [-0.1, -0.05) is 36.4 Å². The topological polar surface area (TPSA) is 120 Å². The number of hydrogen-bond donors (Lipinski definition) is 2. The average molecular weight is 403 g/mol. The Kier molecular flexibility index (Phi) is 6.52. The second kappa shape index (κ2) is 9.65. The average Bonchev–Trinajstić information content (AvgIpc) is 2.76. The molecule has 0 heterocycles. The molecule has 0 aromatic heterocycles. The van der Waals surface area contributed by atoms with Crippen LogP contribution in [0.4, 0.5) is 4.79 Å². The smallest absolute Gasteiger partial charge is 0.343 e. The highest BCUT2D eigenvalue weighted by molar-refractivity contribution is 5.94. The number of hydrogen-bond acceptors (Lipinski definition) is 6. The molecule has 0 spiro atoms. The molecule has 3 rings (SSSR count). The van der Waals surface area contributed by atoms with E-state index in [1.807, 2.05) is 0 Å². The number of esters is 2. The van der Waals surface area contributed by atoms with Crippen molar-refractivity contribution < 1.29 is 23.9 Å². The lowest BCUT2D eigenvalue weighted by molar-refractivity contribution is 0.0732. The molecule has 0 atom stereocenters. The molecular formula is C22H17N3O5. The summed E-state index contributed by atoms with van der Waals surface area (Å²) < 4.78 is 10.8. The molecule has 3 aromatic rings. The molecule has 30 heavy (non-hydrogen) atoms. The van der Waals surface area contributed by atoms with Gasteiger partial charge < -0.3 is 15.2 Å². The van der Waals surface area contributed by atoms with Crippen molar-refractivity contribution in [1.82, 2.24) is 5.43 Å². The molecule has 2 amide bonds. The second-order valence-corrected chi connectivity index (χ2v) is 5.94. The minimum Gasteiger partial charge on any atom is -0.423 e. The first-order valence-electron chi connectivity index (χ1n) is 8.80. The standard InChI is InChI=1S/C22H17N3O5/c23-22(28)25-24-14-17-11-12-18(29-20(26)15-7-3-1-4-8-15)13-19(17)30-21(27)16-9-5-2-6-10-16/h1-14H,(H3,23,25,28)/b24-14-. The Hall–Kier alpha value is -4.46. The summed E-state index contributed by atoms with van der Waals surface area (Å²) in [7, 11) is 0. The third kappa shape index (κ3) is 5.52. The normalized spacial score (nSPS) is 10.4. The summed E-state index contributed by atoms with van der Waals surface area (Å²) in [6.07, 6.45) is 1.25. The quantitative estimate of drug-likeness (QED) is 0.284. The Labute approximate surface area is 171 Å². The first-order chi connectivity index (χ1) is 14.5. The SMILES string of the molecule is NC(=O)N/N=C\c1ccc(OC(=O)c2ccccc2)cc1OC(=O)c1ccccc1. The van der Waals surface area contributed by atoms with Crippen molar-refractivity contribution in [2.24, 2.45) is 10.8 Å². The maximum Gasteiger partial charge on any atom is 0.343 e. The summed E-state index contributed by atoms with van der Waals surface area (Å²) >= 11 is 0. The molecular weight excluding hydrogens is 386 g/mol. The minimum atomic E-state index is -0.845. The van der Waals surface area contributed by atoms with Gasteiger partial charge in [0.25, 0.3) is 0 Å². The Bertz CT molecular complexity index is 1080. The predicted octanol–water partition coefficient (Wildman–Crippen LogP) is 3.13. The third-order valence-electron chi connectivity index (χ3n) is 3.80. The number of nitrogens with zero attached hydrogens (tertiary/aromatic N) is 1. The van der Waals surface area contributed by atoms with Crippen molar-refractivity contribution >= 4 is 24.2 Å². The zero-order valence-electron chi connectivity index (χ0n) is 15.6. The van der Waals surface area contributed by atoms with Crippen molar-refractivity contribution in [2.45, 2.75) is 0 Å². The van der Waals surface area contributed by atoms with Crippen LogP contribution in [0.1, 0.15) is 26.3 Å². The van der Waals surface area contributed by atoms with Crippen molar-refractivity contribution in [3.05, 3.63) is 95.6 Å². The molecule has 0 saturated carbocycles. The van der Waals surface area contributed by atoms with Gasteiger partial charge in [-0.15, -0.1) is 0 Å². The number of urea groups is 1. The number of ether oxygens (including phenoxy) is 2. The molecule has 150 valence electrons. The van der Waals surface area contributed by atoms with Gasteiger partial charge in [-0.3, -0.25) is 0 Å². The number of carbonyl (C=O) groups is 3. The van der Waals surface area contributed by atoms with Gasteiger partial charge in [0.15, 0.2) is 0 Å². The lowest BCUT2D eigenvalue weighted by atomic mass is 10.2. The van der Waals surface area contributed by atoms with Crippen LogP contribution in [-0.4, -0.2) is 24.2 Å². The molecule has 0 fully saturated rings. The molecule has 8 nitrogen and oxygen atoms in total. The van der Waals surface area contributed by atoms with Crippen LogP contribution < -0.4 is 20.6 Å². The number of benzene rings is 3. The molecule has 3 aromatic carbocycles. The van der Waals surface area contributed by atoms with E-state index >= 15 is 0 Å². The Morgan fingerprint density at radius 2 is 1.37 bits per heavy atom. The van der Waals surface area contributed by atoms with Gasteiger partial charge in [0.05, 0.1) is 17.3 Å². The molecule has 3 N–H and O–H groups in total. The number of hydrazone groups is 1. The van der Waals surface area contributed by atoms with Crippen LogP contribution in [-0.2, 0) is 0 Å². The summed E-state index contributed by atoms with van der Waals surface area (Å²) in [5.74, 6) is -0.927. The number of nitrogens with two attached hydrogens (primary N) is 1. The largest absolute Gasteiger partial charge is 0.423 e. The number of amides is 2. The molecule has 0 aliphatic rings. The molecule has 0 aliphatic heterocycles. The summed E-state index contributed by atoms with van der Waals surface area (Å²) in [5, 5.41) is 3.67. The van der Waals surface area contributed by atoms with Gasteiger partial charge in [-0.05, 0) is 36.4 Å². The van der Waals surface area contributed by atoms with E-state index in [4.69, 9.17) is 15.2 Å². The fourth-order valence-electron chi connectivity index (χ4n) is 2.41. The van der Waals surface area contributed by atoms with Crippen LogP contribution in [0.2, 0.25) is 0 Å². The van der Waals surface area contributed by atoms with Gasteiger partial charge in [0.1, 0.15) is 11.5 Å². The minimum absolute atomic E-state index is 0.0808. The monoisotopic (exact) mass is 403 g/mol. The third-order valence-corrected chi connectivity index (χ3v) is 3.80. The Morgan fingerprint density at radius 3 is 1.93 bits per heavy atom. The lowest BCUT2D eigenvalue weighted by Crippen LogP contribution is -2.24. The number of rotatable bonds is 6. The van der Waals surface area contributed by atoms with Crippen molar-refractivity contribution in [1.29, 1.82) is 0 Å². The summed E-state index contributed by atoms with van der Waals surface area (Å²) in [5.41, 5.74) is 8.10. The summed E-state index contributed by atoms with van der Waals surface area (Å²) in [6.45, 7) is 0. The molecule has 0 aliphatic carbocycles. The number of nitrogens with one attached hydrogen (secondary N) is 1. The predicted molar refractivity (Wildman–Crippen MR) is 110 cm³/mol. The Balaban J connectivity index is 1.86. The van der Waals surface area contributed by atoms with Crippen LogP contribution >= 0.6 is 0 Å². The number of primary amides is 1. The summed E-state index contributed by atoms with van der Waals surface area (Å²) in [6, 6.07) is 20.4. The Morgan fingerprint density at radius 1 is 0.800 bits per heavy atom. The van der Waals surface area contributed by atoms with E-state index in [0.29, 0.717) is 16.7 Å². The molecule has 0 saturated heterocycles. The number of carbonyl (C=O) groups excluding carboxylic acids is 3. The van der Waals surface area contributed by atoms with E-state index in [-0.39, 0.29) is 11.5 Å². The van der Waals surface area contributed by atoms with Gasteiger partial charge in [0, 0.05) is 11.6 Å². The van der Waals surface area contributed by atoms with Crippen LogP contribution in [0.5, 0.6) is 11.5 Å². The van der Waals surface area contributed by atoms with Gasteiger partial charge >= 0.3 is 18.0 Å². The fourth-order valence-corrected chi connectivity index (χ4v) is 2.41. The van der Waals surface area contributed by atoms with Gasteiger partial charge in [0.2, 0.25) is 0 Å². The molecule has 0 unspecified atom stereocenters. The highest BCUT2D eigenvalue weighted by atomic mass is 16.5. The van der Waals surface area contributed by atoms with Crippen molar-refractivity contribution in [2.75, 3.05) is 0 Å². The molecule has 0 bridgehead atoms. The first-order valence-corrected chi connectivity index (χ1v) is 8.80. The maximum absolute atomic E-state index is 12.4. The van der Waals surface area contributed by atoms with E-state index in [1.165, 1.54) is 24.4 Å². The van der Waals surface area contributed by atoms with Gasteiger partial charge in [-0.2, -0.15) is 5.10 Å². The van der Waals surface area contributed by atoms with Crippen LogP contribution in [0, 0.1) is 0 Å². The zero-order valence-corrected chi connectivity index (χ0v) is 15.6. The van der Waals surface area contributed by atoms with Gasteiger partial charge in [-0.25, -0.2) is 19.8 Å². The first kappa shape index (κ1) is 20.3. The van der Waals surface area contributed by atoms with E-state index in [2.05, 4.69) is 10.5 Å². The van der Waals surface area contributed by atoms with Crippen molar-refractivity contribution in [3.63, 3.8) is 0 Å². The van der Waals surface area contributed by atoms with Crippen molar-refractivity contribution in [3.8, 4) is 11.5 Å². The van der Waals surface area contributed by atoms with Crippen LogP contribution in [0.3, 0.4) is 0 Å². The summed E-state index contributed by atoms with van der Waals surface area (Å²) in [4.78, 5) is 35.5.